The van der Waals surface area contributed by atoms with Crippen LogP contribution in [0.1, 0.15) is 17.3 Å². The fourth-order valence-electron chi connectivity index (χ4n) is 1.87. The first-order valence-electron chi connectivity index (χ1n) is 7.10. The molecule has 0 bridgehead atoms. The van der Waals surface area contributed by atoms with Gasteiger partial charge in [0.15, 0.2) is 11.6 Å². The average Bonchev–Trinajstić information content (AvgIpc) is 2.53. The number of hydroxylamine groups is 1. The summed E-state index contributed by atoms with van der Waals surface area (Å²) in [4.78, 5) is 17.0. The van der Waals surface area contributed by atoms with E-state index in [1.54, 1.807) is 18.2 Å². The lowest BCUT2D eigenvalue weighted by Gasteiger charge is -2.15. The molecular formula is C16H14ClF2IN2O3. The standard InChI is InChI=1S/C16H14ClF2IN2O3/c1-8(23)7-25-22-16(24)10-3-4-12(18)14(19)15(10)21-13-5-2-9(20)6-11(13)17/h2-6,8,21,23H,7H2,1H3,(H,22,24). The fourth-order valence-corrected chi connectivity index (χ4v) is 2.77. The van der Waals surface area contributed by atoms with E-state index < -0.39 is 23.6 Å². The maximum Gasteiger partial charge on any atom is 0.277 e. The SMILES string of the molecule is CC(O)CONC(=O)c1ccc(F)c(F)c1Nc1ccc(I)cc1Cl. The lowest BCUT2D eigenvalue weighted by molar-refractivity contribution is -0.00684. The Morgan fingerprint density at radius 1 is 1.36 bits per heavy atom. The van der Waals surface area contributed by atoms with Gasteiger partial charge in [0, 0.05) is 3.57 Å². The van der Waals surface area contributed by atoms with E-state index in [4.69, 9.17) is 21.5 Å². The van der Waals surface area contributed by atoms with Crippen molar-refractivity contribution in [2.45, 2.75) is 13.0 Å². The number of halogens is 4. The van der Waals surface area contributed by atoms with Gasteiger partial charge in [0.1, 0.15) is 6.61 Å². The molecule has 25 heavy (non-hydrogen) atoms. The van der Waals surface area contributed by atoms with Crippen LogP contribution >= 0.6 is 34.2 Å². The Hall–Kier alpha value is -1.49. The Bertz CT molecular complexity index is 790. The number of benzene rings is 2. The molecule has 0 aliphatic heterocycles. The molecule has 1 amide bonds. The summed E-state index contributed by atoms with van der Waals surface area (Å²) in [6.07, 6.45) is -0.798. The molecule has 0 saturated carbocycles. The largest absolute Gasteiger partial charge is 0.391 e. The third-order valence-electron chi connectivity index (χ3n) is 3.02. The van der Waals surface area contributed by atoms with Crippen LogP contribution in [-0.4, -0.2) is 23.7 Å². The van der Waals surface area contributed by atoms with Gasteiger partial charge in [-0.15, -0.1) is 0 Å². The van der Waals surface area contributed by atoms with Gasteiger partial charge < -0.3 is 10.4 Å². The normalized spacial score (nSPS) is 11.9. The van der Waals surface area contributed by atoms with Crippen molar-refractivity contribution < 1.29 is 23.5 Å². The van der Waals surface area contributed by atoms with E-state index in [0.29, 0.717) is 5.69 Å². The van der Waals surface area contributed by atoms with Crippen molar-refractivity contribution in [1.82, 2.24) is 5.48 Å². The summed E-state index contributed by atoms with van der Waals surface area (Å²) in [5.74, 6) is -3.15. The molecule has 0 fully saturated rings. The molecule has 3 N–H and O–H groups in total. The Morgan fingerprint density at radius 3 is 2.72 bits per heavy atom. The van der Waals surface area contributed by atoms with E-state index in [2.05, 4.69) is 33.4 Å². The number of carbonyl (C=O) groups is 1. The first-order chi connectivity index (χ1) is 11.8. The maximum atomic E-state index is 14.2. The molecule has 0 radical (unpaired) electrons. The number of hydrogen-bond donors (Lipinski definition) is 3. The summed E-state index contributed by atoms with van der Waals surface area (Å²) in [6, 6.07) is 6.88. The summed E-state index contributed by atoms with van der Waals surface area (Å²) in [6.45, 7) is 1.32. The summed E-state index contributed by atoms with van der Waals surface area (Å²) in [5.41, 5.74) is 1.82. The Kier molecular flexibility index (Phi) is 6.94. The molecule has 9 heteroatoms. The first-order valence-corrected chi connectivity index (χ1v) is 8.55. The van der Waals surface area contributed by atoms with E-state index in [-0.39, 0.29) is 22.9 Å². The van der Waals surface area contributed by atoms with E-state index in [1.165, 1.54) is 6.92 Å². The first kappa shape index (κ1) is 19.8. The number of nitrogens with one attached hydrogen (secondary N) is 2. The zero-order valence-corrected chi connectivity index (χ0v) is 15.9. The Labute approximate surface area is 161 Å². The quantitative estimate of drug-likeness (QED) is 0.430. The molecule has 0 aliphatic rings. The molecule has 2 aromatic rings. The number of aliphatic hydroxyl groups is 1. The average molecular weight is 483 g/mol. The monoisotopic (exact) mass is 482 g/mol. The van der Waals surface area contributed by atoms with Crippen LogP contribution < -0.4 is 10.8 Å². The zero-order valence-electron chi connectivity index (χ0n) is 12.9. The topological polar surface area (TPSA) is 70.6 Å². The van der Waals surface area contributed by atoms with Crippen LogP contribution in [0.25, 0.3) is 0 Å². The van der Waals surface area contributed by atoms with Gasteiger partial charge in [-0.25, -0.2) is 14.3 Å². The highest BCUT2D eigenvalue weighted by Gasteiger charge is 2.20. The van der Waals surface area contributed by atoms with Crippen LogP contribution in [-0.2, 0) is 4.84 Å². The highest BCUT2D eigenvalue weighted by atomic mass is 127. The van der Waals surface area contributed by atoms with Crippen molar-refractivity contribution in [3.8, 4) is 0 Å². The molecule has 0 heterocycles. The predicted molar refractivity (Wildman–Crippen MR) is 98.9 cm³/mol. The van der Waals surface area contributed by atoms with Gasteiger partial charge in [0.2, 0.25) is 0 Å². The van der Waals surface area contributed by atoms with E-state index in [1.807, 2.05) is 0 Å². The second-order valence-electron chi connectivity index (χ2n) is 5.12. The summed E-state index contributed by atoms with van der Waals surface area (Å²) in [5, 5.41) is 12.0. The van der Waals surface area contributed by atoms with Gasteiger partial charge in [0.05, 0.1) is 28.1 Å². The van der Waals surface area contributed by atoms with Crippen LogP contribution in [0, 0.1) is 15.2 Å². The van der Waals surface area contributed by atoms with Crippen molar-refractivity contribution in [3.05, 3.63) is 56.1 Å². The second-order valence-corrected chi connectivity index (χ2v) is 6.78. The van der Waals surface area contributed by atoms with Crippen LogP contribution in [0.3, 0.4) is 0 Å². The summed E-state index contributed by atoms with van der Waals surface area (Å²) < 4.78 is 28.7. The van der Waals surface area contributed by atoms with Crippen molar-refractivity contribution in [3.63, 3.8) is 0 Å². The molecule has 0 aromatic heterocycles. The van der Waals surface area contributed by atoms with E-state index in [0.717, 1.165) is 15.7 Å². The van der Waals surface area contributed by atoms with Crippen LogP contribution in [0.2, 0.25) is 5.02 Å². The molecule has 1 unspecified atom stereocenters. The summed E-state index contributed by atoms with van der Waals surface area (Å²) in [7, 11) is 0. The predicted octanol–water partition coefficient (Wildman–Crippen LogP) is 4.01. The minimum Gasteiger partial charge on any atom is -0.391 e. The Balaban J connectivity index is 2.32. The van der Waals surface area contributed by atoms with Crippen LogP contribution in [0.5, 0.6) is 0 Å². The Morgan fingerprint density at radius 2 is 2.08 bits per heavy atom. The van der Waals surface area contributed by atoms with Crippen molar-refractivity contribution in [1.29, 1.82) is 0 Å². The highest BCUT2D eigenvalue weighted by Crippen LogP contribution is 2.31. The number of hydrogen-bond acceptors (Lipinski definition) is 4. The zero-order chi connectivity index (χ0) is 18.6. The third-order valence-corrected chi connectivity index (χ3v) is 4.00. The lowest BCUT2D eigenvalue weighted by Crippen LogP contribution is -2.28. The lowest BCUT2D eigenvalue weighted by atomic mass is 10.1. The van der Waals surface area contributed by atoms with E-state index >= 15 is 0 Å². The third kappa shape index (κ3) is 5.24. The molecular weight excluding hydrogens is 469 g/mol. The van der Waals surface area contributed by atoms with Gasteiger partial charge in [-0.2, -0.15) is 0 Å². The number of aliphatic hydroxyl groups excluding tert-OH is 1. The molecule has 5 nitrogen and oxygen atoms in total. The van der Waals surface area contributed by atoms with Gasteiger partial charge in [-0.3, -0.25) is 9.63 Å². The fraction of sp³-hybridized carbons (Fsp3) is 0.188. The minimum absolute atomic E-state index is 0.152. The molecule has 0 spiro atoms. The number of rotatable bonds is 6. The molecule has 134 valence electrons. The van der Waals surface area contributed by atoms with Gasteiger partial charge in [0.25, 0.3) is 5.91 Å². The van der Waals surface area contributed by atoms with Gasteiger partial charge in [-0.1, -0.05) is 11.6 Å². The number of anilines is 2. The van der Waals surface area contributed by atoms with Crippen molar-refractivity contribution in [2.24, 2.45) is 0 Å². The van der Waals surface area contributed by atoms with Crippen LogP contribution in [0.4, 0.5) is 20.2 Å². The summed E-state index contributed by atoms with van der Waals surface area (Å²) >= 11 is 8.14. The van der Waals surface area contributed by atoms with Gasteiger partial charge >= 0.3 is 0 Å². The molecule has 2 rings (SSSR count). The second kappa shape index (κ2) is 8.75. The minimum atomic E-state index is -1.22. The van der Waals surface area contributed by atoms with Crippen molar-refractivity contribution >= 4 is 51.5 Å². The number of amides is 1. The number of carbonyl (C=O) groups excluding carboxylic acids is 1. The molecule has 0 saturated heterocycles. The van der Waals surface area contributed by atoms with Crippen LogP contribution in [0.15, 0.2) is 30.3 Å². The van der Waals surface area contributed by atoms with Gasteiger partial charge in [-0.05, 0) is 59.8 Å². The smallest absolute Gasteiger partial charge is 0.277 e. The molecule has 1 atom stereocenters. The molecule has 2 aromatic carbocycles. The highest BCUT2D eigenvalue weighted by molar-refractivity contribution is 14.1. The molecule has 0 aliphatic carbocycles. The van der Waals surface area contributed by atoms with E-state index in [9.17, 15) is 13.6 Å². The maximum absolute atomic E-state index is 14.2. The van der Waals surface area contributed by atoms with Crippen molar-refractivity contribution in [2.75, 3.05) is 11.9 Å².